The maximum atomic E-state index is 6.30. The minimum absolute atomic E-state index is 0.746. The van der Waals surface area contributed by atoms with Crippen LogP contribution in [0.4, 0.5) is 0 Å². The molecule has 96 valence electrons. The minimum atomic E-state index is 0.746. The van der Waals surface area contributed by atoms with E-state index in [1.165, 1.54) is 31.2 Å². The number of aryl methyl sites for hydroxylation is 2. The molecule has 0 saturated heterocycles. The van der Waals surface area contributed by atoms with Gasteiger partial charge in [-0.2, -0.15) is 5.10 Å². The first-order valence-corrected chi connectivity index (χ1v) is 6.93. The lowest BCUT2D eigenvalue weighted by Gasteiger charge is -2.27. The lowest BCUT2D eigenvalue weighted by Crippen LogP contribution is -2.32. The SMILES string of the molecule is CCN(Cc1c(C)nn(C)c1Cl)C1CCCC1. The number of hydrogen-bond acceptors (Lipinski definition) is 2. The zero-order valence-electron chi connectivity index (χ0n) is 11.0. The molecule has 0 bridgehead atoms. The predicted octanol–water partition coefficient (Wildman–Crippen LogP) is 3.15. The highest BCUT2D eigenvalue weighted by molar-refractivity contribution is 6.30. The van der Waals surface area contributed by atoms with Crippen molar-refractivity contribution in [2.75, 3.05) is 6.54 Å². The topological polar surface area (TPSA) is 21.1 Å². The fourth-order valence-corrected chi connectivity index (χ4v) is 3.06. The summed E-state index contributed by atoms with van der Waals surface area (Å²) in [5.41, 5.74) is 2.26. The van der Waals surface area contributed by atoms with E-state index >= 15 is 0 Å². The van der Waals surface area contributed by atoms with Gasteiger partial charge < -0.3 is 0 Å². The molecule has 0 aromatic carbocycles. The lowest BCUT2D eigenvalue weighted by atomic mass is 10.1. The normalized spacial score (nSPS) is 17.2. The average molecular weight is 256 g/mol. The van der Waals surface area contributed by atoms with E-state index in [0.29, 0.717) is 0 Å². The van der Waals surface area contributed by atoms with Crippen molar-refractivity contribution >= 4 is 11.6 Å². The zero-order chi connectivity index (χ0) is 12.4. The molecule has 0 aliphatic heterocycles. The van der Waals surface area contributed by atoms with Gasteiger partial charge in [-0.3, -0.25) is 9.58 Å². The molecule has 0 radical (unpaired) electrons. The quantitative estimate of drug-likeness (QED) is 0.824. The summed E-state index contributed by atoms with van der Waals surface area (Å²) in [6.45, 7) is 6.32. The highest BCUT2D eigenvalue weighted by Crippen LogP contribution is 2.27. The van der Waals surface area contributed by atoms with Gasteiger partial charge in [0.2, 0.25) is 0 Å². The van der Waals surface area contributed by atoms with Crippen LogP contribution in [-0.2, 0) is 13.6 Å². The Labute approximate surface area is 109 Å². The average Bonchev–Trinajstić information content (AvgIpc) is 2.89. The van der Waals surface area contributed by atoms with Crippen LogP contribution < -0.4 is 0 Å². The molecule has 4 heteroatoms. The van der Waals surface area contributed by atoms with Crippen LogP contribution in [-0.4, -0.2) is 27.3 Å². The third-order valence-electron chi connectivity index (χ3n) is 3.88. The van der Waals surface area contributed by atoms with E-state index in [0.717, 1.165) is 30.0 Å². The monoisotopic (exact) mass is 255 g/mol. The third-order valence-corrected chi connectivity index (χ3v) is 4.35. The summed E-state index contributed by atoms with van der Waals surface area (Å²) < 4.78 is 1.77. The molecule has 1 aliphatic rings. The van der Waals surface area contributed by atoms with Gasteiger partial charge >= 0.3 is 0 Å². The Morgan fingerprint density at radius 2 is 2.06 bits per heavy atom. The van der Waals surface area contributed by atoms with E-state index in [9.17, 15) is 0 Å². The Bertz CT molecular complexity index is 380. The van der Waals surface area contributed by atoms with Gasteiger partial charge in [0.05, 0.1) is 5.69 Å². The van der Waals surface area contributed by atoms with Crippen LogP contribution in [0.25, 0.3) is 0 Å². The fourth-order valence-electron chi connectivity index (χ4n) is 2.83. The maximum Gasteiger partial charge on any atom is 0.131 e. The van der Waals surface area contributed by atoms with Crippen molar-refractivity contribution in [2.45, 2.75) is 52.1 Å². The lowest BCUT2D eigenvalue weighted by molar-refractivity contribution is 0.200. The fraction of sp³-hybridized carbons (Fsp3) is 0.769. The Morgan fingerprint density at radius 1 is 1.41 bits per heavy atom. The van der Waals surface area contributed by atoms with Crippen LogP contribution in [0.5, 0.6) is 0 Å². The van der Waals surface area contributed by atoms with Crippen molar-refractivity contribution in [3.8, 4) is 0 Å². The number of rotatable bonds is 4. The second-order valence-corrected chi connectivity index (χ2v) is 5.34. The van der Waals surface area contributed by atoms with Crippen molar-refractivity contribution in [1.29, 1.82) is 0 Å². The Kier molecular flexibility index (Phi) is 4.10. The summed E-state index contributed by atoms with van der Waals surface area (Å²) in [4.78, 5) is 2.54. The van der Waals surface area contributed by atoms with Gasteiger partial charge in [-0.25, -0.2) is 0 Å². The van der Waals surface area contributed by atoms with Crippen LogP contribution in [0.3, 0.4) is 0 Å². The Balaban J connectivity index is 2.12. The van der Waals surface area contributed by atoms with Crippen LogP contribution in [0.2, 0.25) is 5.15 Å². The molecule has 1 fully saturated rings. The summed E-state index contributed by atoms with van der Waals surface area (Å²) >= 11 is 6.30. The van der Waals surface area contributed by atoms with Crippen molar-refractivity contribution in [1.82, 2.24) is 14.7 Å². The molecule has 0 unspecified atom stereocenters. The van der Waals surface area contributed by atoms with Crippen molar-refractivity contribution in [2.24, 2.45) is 7.05 Å². The van der Waals surface area contributed by atoms with E-state index in [4.69, 9.17) is 11.6 Å². The Morgan fingerprint density at radius 3 is 2.53 bits per heavy atom. The standard InChI is InChI=1S/C13H22ClN3/c1-4-17(11-7-5-6-8-11)9-12-10(2)15-16(3)13(12)14/h11H,4-9H2,1-3H3. The van der Waals surface area contributed by atoms with Gasteiger partial charge in [0.15, 0.2) is 0 Å². The van der Waals surface area contributed by atoms with Gasteiger partial charge in [-0.15, -0.1) is 0 Å². The molecule has 1 heterocycles. The highest BCUT2D eigenvalue weighted by atomic mass is 35.5. The van der Waals surface area contributed by atoms with Gasteiger partial charge in [0.1, 0.15) is 5.15 Å². The molecule has 1 aliphatic carbocycles. The first-order chi connectivity index (χ1) is 8.13. The van der Waals surface area contributed by atoms with E-state index in [2.05, 4.69) is 16.9 Å². The number of hydrogen-bond donors (Lipinski definition) is 0. The Hall–Kier alpha value is -0.540. The summed E-state index contributed by atoms with van der Waals surface area (Å²) in [6, 6.07) is 0.746. The number of aromatic nitrogens is 2. The molecule has 1 aromatic heterocycles. The van der Waals surface area contributed by atoms with Gasteiger partial charge in [0.25, 0.3) is 0 Å². The number of nitrogens with zero attached hydrogens (tertiary/aromatic N) is 3. The first-order valence-electron chi connectivity index (χ1n) is 6.55. The van der Waals surface area contributed by atoms with E-state index in [-0.39, 0.29) is 0 Å². The zero-order valence-corrected chi connectivity index (χ0v) is 11.8. The van der Waals surface area contributed by atoms with Crippen LogP contribution in [0.1, 0.15) is 43.9 Å². The van der Waals surface area contributed by atoms with E-state index < -0.39 is 0 Å². The molecular formula is C13H22ClN3. The van der Waals surface area contributed by atoms with Crippen LogP contribution in [0, 0.1) is 6.92 Å². The molecule has 0 N–H and O–H groups in total. The largest absolute Gasteiger partial charge is 0.296 e. The molecule has 0 amide bonds. The molecule has 2 rings (SSSR count). The first kappa shape index (κ1) is 12.9. The maximum absolute atomic E-state index is 6.30. The highest BCUT2D eigenvalue weighted by Gasteiger charge is 2.23. The molecule has 1 aromatic rings. The summed E-state index contributed by atoms with van der Waals surface area (Å²) in [6.07, 6.45) is 5.43. The van der Waals surface area contributed by atoms with E-state index in [1.807, 2.05) is 14.0 Å². The van der Waals surface area contributed by atoms with Gasteiger partial charge in [-0.1, -0.05) is 31.4 Å². The second kappa shape index (κ2) is 5.40. The molecule has 0 spiro atoms. The summed E-state index contributed by atoms with van der Waals surface area (Å²) in [5, 5.41) is 5.17. The summed E-state index contributed by atoms with van der Waals surface area (Å²) in [5.74, 6) is 0. The van der Waals surface area contributed by atoms with Crippen LogP contribution >= 0.6 is 11.6 Å². The van der Waals surface area contributed by atoms with Crippen molar-refractivity contribution in [3.05, 3.63) is 16.4 Å². The third kappa shape index (κ3) is 2.66. The smallest absolute Gasteiger partial charge is 0.131 e. The summed E-state index contributed by atoms with van der Waals surface area (Å²) in [7, 11) is 1.91. The molecule has 17 heavy (non-hydrogen) atoms. The van der Waals surface area contributed by atoms with Gasteiger partial charge in [0, 0.05) is 25.2 Å². The van der Waals surface area contributed by atoms with Crippen LogP contribution in [0.15, 0.2) is 0 Å². The second-order valence-electron chi connectivity index (χ2n) is 4.98. The van der Waals surface area contributed by atoms with Crippen molar-refractivity contribution in [3.63, 3.8) is 0 Å². The van der Waals surface area contributed by atoms with Gasteiger partial charge in [-0.05, 0) is 26.3 Å². The molecular weight excluding hydrogens is 234 g/mol. The molecule has 0 atom stereocenters. The molecule has 3 nitrogen and oxygen atoms in total. The molecule has 1 saturated carbocycles. The predicted molar refractivity (Wildman–Crippen MR) is 71.3 cm³/mol. The number of halogens is 1. The minimum Gasteiger partial charge on any atom is -0.296 e. The van der Waals surface area contributed by atoms with Crippen molar-refractivity contribution < 1.29 is 0 Å². The van der Waals surface area contributed by atoms with E-state index in [1.54, 1.807) is 4.68 Å².